The number of carbonyl (C=O) groups is 1. The SMILES string of the molecule is C[C@@H](CN)NC(=O)CC1CCc2ccccc2C1.Cl. The number of fused-ring (bicyclic) bond motifs is 1. The number of benzene rings is 1. The molecule has 1 amide bonds. The lowest BCUT2D eigenvalue weighted by Gasteiger charge is -2.24. The Hall–Kier alpha value is -1.06. The lowest BCUT2D eigenvalue weighted by atomic mass is 9.82. The summed E-state index contributed by atoms with van der Waals surface area (Å²) in [4.78, 5) is 11.8. The zero-order chi connectivity index (χ0) is 13.0. The van der Waals surface area contributed by atoms with Crippen LogP contribution in [0.3, 0.4) is 0 Å². The summed E-state index contributed by atoms with van der Waals surface area (Å²) in [5, 5.41) is 2.94. The van der Waals surface area contributed by atoms with Crippen LogP contribution in [0.15, 0.2) is 24.3 Å². The van der Waals surface area contributed by atoms with Crippen molar-refractivity contribution in [2.75, 3.05) is 6.54 Å². The van der Waals surface area contributed by atoms with Gasteiger partial charge in [0.05, 0.1) is 0 Å². The molecule has 0 heterocycles. The first-order chi connectivity index (χ1) is 8.69. The van der Waals surface area contributed by atoms with Crippen LogP contribution in [0.1, 0.15) is 30.9 Å². The van der Waals surface area contributed by atoms with Crippen LogP contribution in [0, 0.1) is 5.92 Å². The highest BCUT2D eigenvalue weighted by Crippen LogP contribution is 2.27. The minimum Gasteiger partial charge on any atom is -0.352 e. The normalized spacial score (nSPS) is 18.9. The molecular weight excluding hydrogens is 260 g/mol. The van der Waals surface area contributed by atoms with Crippen molar-refractivity contribution in [3.05, 3.63) is 35.4 Å². The molecule has 0 aliphatic heterocycles. The molecule has 1 aliphatic carbocycles. The zero-order valence-corrected chi connectivity index (χ0v) is 12.2. The fourth-order valence-electron chi connectivity index (χ4n) is 2.60. The van der Waals surface area contributed by atoms with Gasteiger partial charge < -0.3 is 11.1 Å². The molecule has 0 bridgehead atoms. The van der Waals surface area contributed by atoms with Crippen molar-refractivity contribution in [3.63, 3.8) is 0 Å². The number of nitrogens with two attached hydrogens (primary N) is 1. The van der Waals surface area contributed by atoms with Gasteiger partial charge in [-0.05, 0) is 43.2 Å². The van der Waals surface area contributed by atoms with Crippen LogP contribution in [0.4, 0.5) is 0 Å². The number of aryl methyl sites for hydroxylation is 1. The first-order valence-electron chi connectivity index (χ1n) is 6.75. The van der Waals surface area contributed by atoms with Crippen molar-refractivity contribution in [1.82, 2.24) is 5.32 Å². The molecule has 0 saturated carbocycles. The van der Waals surface area contributed by atoms with E-state index < -0.39 is 0 Å². The van der Waals surface area contributed by atoms with Gasteiger partial charge in [-0.3, -0.25) is 4.79 Å². The highest BCUT2D eigenvalue weighted by Gasteiger charge is 2.21. The maximum atomic E-state index is 11.8. The second-order valence-corrected chi connectivity index (χ2v) is 5.29. The van der Waals surface area contributed by atoms with Gasteiger partial charge in [0.15, 0.2) is 0 Å². The van der Waals surface area contributed by atoms with Gasteiger partial charge in [-0.25, -0.2) is 0 Å². The summed E-state index contributed by atoms with van der Waals surface area (Å²) in [5.41, 5.74) is 8.36. The Kier molecular flexibility index (Phi) is 6.32. The molecule has 1 aromatic carbocycles. The van der Waals surface area contributed by atoms with Gasteiger partial charge in [0.2, 0.25) is 5.91 Å². The topological polar surface area (TPSA) is 55.1 Å². The molecule has 0 fully saturated rings. The van der Waals surface area contributed by atoms with Crippen LogP contribution in [0.25, 0.3) is 0 Å². The van der Waals surface area contributed by atoms with Gasteiger partial charge in [-0.15, -0.1) is 12.4 Å². The molecule has 0 saturated heterocycles. The molecule has 1 unspecified atom stereocenters. The van der Waals surface area contributed by atoms with Crippen LogP contribution in [0.5, 0.6) is 0 Å². The Labute approximate surface area is 121 Å². The number of carbonyl (C=O) groups excluding carboxylic acids is 1. The molecule has 4 heteroatoms. The number of rotatable bonds is 4. The smallest absolute Gasteiger partial charge is 0.220 e. The first-order valence-corrected chi connectivity index (χ1v) is 6.75. The minimum absolute atomic E-state index is 0. The third kappa shape index (κ3) is 4.51. The molecule has 106 valence electrons. The van der Waals surface area contributed by atoms with Crippen molar-refractivity contribution < 1.29 is 4.79 Å². The van der Waals surface area contributed by atoms with E-state index in [4.69, 9.17) is 5.73 Å². The van der Waals surface area contributed by atoms with Gasteiger partial charge >= 0.3 is 0 Å². The molecular formula is C15H23ClN2O. The number of nitrogens with one attached hydrogen (secondary N) is 1. The van der Waals surface area contributed by atoms with Crippen LogP contribution in [-0.2, 0) is 17.6 Å². The van der Waals surface area contributed by atoms with E-state index in [9.17, 15) is 4.79 Å². The molecule has 1 aromatic rings. The molecule has 0 aromatic heterocycles. The summed E-state index contributed by atoms with van der Waals surface area (Å²) in [6.45, 7) is 2.44. The highest BCUT2D eigenvalue weighted by molar-refractivity contribution is 5.85. The summed E-state index contributed by atoms with van der Waals surface area (Å²) in [6.07, 6.45) is 3.86. The molecule has 1 aliphatic rings. The van der Waals surface area contributed by atoms with Crippen LogP contribution in [-0.4, -0.2) is 18.5 Å². The summed E-state index contributed by atoms with van der Waals surface area (Å²) in [6, 6.07) is 8.63. The lowest BCUT2D eigenvalue weighted by molar-refractivity contribution is -0.122. The summed E-state index contributed by atoms with van der Waals surface area (Å²) < 4.78 is 0. The van der Waals surface area contributed by atoms with Crippen LogP contribution >= 0.6 is 12.4 Å². The van der Waals surface area contributed by atoms with E-state index in [0.29, 0.717) is 18.9 Å². The fourth-order valence-corrected chi connectivity index (χ4v) is 2.60. The average molecular weight is 283 g/mol. The van der Waals surface area contributed by atoms with Crippen molar-refractivity contribution in [2.24, 2.45) is 11.7 Å². The number of hydrogen-bond donors (Lipinski definition) is 2. The van der Waals surface area contributed by atoms with Crippen molar-refractivity contribution >= 4 is 18.3 Å². The maximum Gasteiger partial charge on any atom is 0.220 e. The molecule has 3 nitrogen and oxygen atoms in total. The van der Waals surface area contributed by atoms with E-state index in [1.807, 2.05) is 6.92 Å². The first kappa shape index (κ1) is 16.0. The van der Waals surface area contributed by atoms with Crippen molar-refractivity contribution in [1.29, 1.82) is 0 Å². The zero-order valence-electron chi connectivity index (χ0n) is 11.4. The van der Waals surface area contributed by atoms with E-state index in [-0.39, 0.29) is 24.4 Å². The molecule has 0 spiro atoms. The Balaban J connectivity index is 0.00000180. The standard InChI is InChI=1S/C15H22N2O.ClH/c1-11(10-16)17-15(18)9-12-6-7-13-4-2-3-5-14(13)8-12;/h2-5,11-12H,6-10,16H2,1H3,(H,17,18);1H/t11-,12?;/m0./s1. The average Bonchev–Trinajstić information content (AvgIpc) is 2.38. The van der Waals surface area contributed by atoms with E-state index >= 15 is 0 Å². The minimum atomic E-state index is 0. The monoisotopic (exact) mass is 282 g/mol. The fraction of sp³-hybridized carbons (Fsp3) is 0.533. The second kappa shape index (κ2) is 7.51. The molecule has 19 heavy (non-hydrogen) atoms. The van der Waals surface area contributed by atoms with Gasteiger partial charge in [0.1, 0.15) is 0 Å². The Bertz CT molecular complexity index is 422. The van der Waals surface area contributed by atoms with E-state index in [1.54, 1.807) is 0 Å². The van der Waals surface area contributed by atoms with Crippen molar-refractivity contribution in [3.8, 4) is 0 Å². The van der Waals surface area contributed by atoms with Gasteiger partial charge in [0.25, 0.3) is 0 Å². The van der Waals surface area contributed by atoms with Gasteiger partial charge in [-0.1, -0.05) is 24.3 Å². The summed E-state index contributed by atoms with van der Waals surface area (Å²) in [5.74, 6) is 0.613. The van der Waals surface area contributed by atoms with Crippen molar-refractivity contribution in [2.45, 2.75) is 38.6 Å². The quantitative estimate of drug-likeness (QED) is 0.888. The summed E-state index contributed by atoms with van der Waals surface area (Å²) >= 11 is 0. The Morgan fingerprint density at radius 1 is 1.42 bits per heavy atom. The molecule has 3 N–H and O–H groups in total. The van der Waals surface area contributed by atoms with Gasteiger partial charge in [0, 0.05) is 19.0 Å². The van der Waals surface area contributed by atoms with Gasteiger partial charge in [-0.2, -0.15) is 0 Å². The molecule has 2 atom stereocenters. The predicted octanol–water partition coefficient (Wildman–Crippen LogP) is 2.07. The van der Waals surface area contributed by atoms with E-state index in [0.717, 1.165) is 19.3 Å². The largest absolute Gasteiger partial charge is 0.352 e. The molecule has 2 rings (SSSR count). The van der Waals surface area contributed by atoms with Crippen LogP contribution in [0.2, 0.25) is 0 Å². The third-order valence-electron chi connectivity index (χ3n) is 3.68. The van der Waals surface area contributed by atoms with Crippen LogP contribution < -0.4 is 11.1 Å². The second-order valence-electron chi connectivity index (χ2n) is 5.29. The maximum absolute atomic E-state index is 11.8. The Morgan fingerprint density at radius 3 is 2.79 bits per heavy atom. The predicted molar refractivity (Wildman–Crippen MR) is 80.5 cm³/mol. The number of amides is 1. The number of hydrogen-bond acceptors (Lipinski definition) is 2. The Morgan fingerprint density at radius 2 is 2.11 bits per heavy atom. The summed E-state index contributed by atoms with van der Waals surface area (Å²) in [7, 11) is 0. The lowest BCUT2D eigenvalue weighted by Crippen LogP contribution is -2.38. The third-order valence-corrected chi connectivity index (χ3v) is 3.68. The van der Waals surface area contributed by atoms with E-state index in [1.165, 1.54) is 11.1 Å². The van der Waals surface area contributed by atoms with E-state index in [2.05, 4.69) is 29.6 Å². The highest BCUT2D eigenvalue weighted by atomic mass is 35.5. The molecule has 0 radical (unpaired) electrons. The number of halogens is 1.